The van der Waals surface area contributed by atoms with Crippen LogP contribution >= 0.6 is 0 Å². The highest BCUT2D eigenvalue weighted by Crippen LogP contribution is 2.39. The van der Waals surface area contributed by atoms with Crippen molar-refractivity contribution < 1.29 is 4.79 Å². The van der Waals surface area contributed by atoms with E-state index in [2.05, 4.69) is 26.1 Å². The Balaban J connectivity index is 2.18. The van der Waals surface area contributed by atoms with E-state index in [1.807, 2.05) is 19.1 Å². The number of amides is 1. The summed E-state index contributed by atoms with van der Waals surface area (Å²) >= 11 is 0. The second kappa shape index (κ2) is 5.47. The molecule has 1 saturated carbocycles. The molecule has 2 rings (SSSR count). The third kappa shape index (κ3) is 3.33. The summed E-state index contributed by atoms with van der Waals surface area (Å²) in [7, 11) is 0. The summed E-state index contributed by atoms with van der Waals surface area (Å²) in [5.41, 5.74) is 8.40. The van der Waals surface area contributed by atoms with Crippen molar-refractivity contribution in [3.05, 3.63) is 29.3 Å². The maximum absolute atomic E-state index is 11.4. The van der Waals surface area contributed by atoms with Crippen LogP contribution in [0.1, 0.15) is 56.0 Å². The van der Waals surface area contributed by atoms with Gasteiger partial charge in [-0.1, -0.05) is 26.8 Å². The first-order valence-electron chi connectivity index (χ1n) is 7.44. The molecule has 3 N–H and O–H groups in total. The number of primary amides is 1. The van der Waals surface area contributed by atoms with Gasteiger partial charge in [0.1, 0.15) is 0 Å². The summed E-state index contributed by atoms with van der Waals surface area (Å²) in [6.07, 6.45) is 3.63. The Hall–Kier alpha value is -1.51. The second-order valence-corrected chi connectivity index (χ2v) is 7.10. The van der Waals surface area contributed by atoms with E-state index in [9.17, 15) is 4.79 Å². The van der Waals surface area contributed by atoms with Crippen LogP contribution < -0.4 is 11.1 Å². The molecule has 1 amide bonds. The van der Waals surface area contributed by atoms with Gasteiger partial charge in [-0.15, -0.1) is 0 Å². The van der Waals surface area contributed by atoms with Crippen LogP contribution in [0.5, 0.6) is 0 Å². The zero-order chi connectivity index (χ0) is 14.9. The zero-order valence-corrected chi connectivity index (χ0v) is 13.0. The molecule has 0 radical (unpaired) electrons. The maximum atomic E-state index is 11.4. The van der Waals surface area contributed by atoms with E-state index in [1.165, 1.54) is 12.8 Å². The van der Waals surface area contributed by atoms with E-state index in [0.29, 0.717) is 17.0 Å². The highest BCUT2D eigenvalue weighted by molar-refractivity contribution is 5.95. The van der Waals surface area contributed by atoms with Crippen molar-refractivity contribution in [2.24, 2.45) is 17.1 Å². The minimum Gasteiger partial charge on any atom is -0.382 e. The number of carbonyl (C=O) groups excluding carboxylic acids is 1. The predicted molar refractivity (Wildman–Crippen MR) is 83.9 cm³/mol. The average molecular weight is 274 g/mol. The normalized spacial score (nSPS) is 25.2. The molecule has 1 aliphatic rings. The highest BCUT2D eigenvalue weighted by Gasteiger charge is 2.32. The zero-order valence-electron chi connectivity index (χ0n) is 13.0. The molecule has 0 saturated heterocycles. The van der Waals surface area contributed by atoms with Crippen LogP contribution in [-0.4, -0.2) is 11.9 Å². The number of hydrogen-bond acceptors (Lipinski definition) is 2. The van der Waals surface area contributed by atoms with E-state index >= 15 is 0 Å². The third-order valence-corrected chi connectivity index (χ3v) is 4.35. The Morgan fingerprint density at radius 1 is 1.35 bits per heavy atom. The summed E-state index contributed by atoms with van der Waals surface area (Å²) in [6, 6.07) is 6.19. The Morgan fingerprint density at radius 3 is 2.65 bits per heavy atom. The van der Waals surface area contributed by atoms with Gasteiger partial charge < -0.3 is 11.1 Å². The number of nitrogens with two attached hydrogens (primary N) is 1. The smallest absolute Gasteiger partial charge is 0.249 e. The summed E-state index contributed by atoms with van der Waals surface area (Å²) in [5.74, 6) is 0.374. The van der Waals surface area contributed by atoms with Crippen molar-refractivity contribution in [1.29, 1.82) is 0 Å². The number of hydrogen-bond donors (Lipinski definition) is 2. The highest BCUT2D eigenvalue weighted by atomic mass is 16.1. The van der Waals surface area contributed by atoms with Crippen molar-refractivity contribution in [2.45, 2.75) is 53.0 Å². The van der Waals surface area contributed by atoms with Crippen LogP contribution in [0.3, 0.4) is 0 Å². The summed E-state index contributed by atoms with van der Waals surface area (Å²) < 4.78 is 0. The fourth-order valence-corrected chi connectivity index (χ4v) is 3.73. The number of rotatable bonds is 3. The molecule has 110 valence electrons. The lowest BCUT2D eigenvalue weighted by Gasteiger charge is -2.40. The van der Waals surface area contributed by atoms with E-state index in [-0.39, 0.29) is 5.91 Å². The van der Waals surface area contributed by atoms with Crippen molar-refractivity contribution in [2.75, 3.05) is 5.32 Å². The molecule has 3 heteroatoms. The molecule has 2 unspecified atom stereocenters. The van der Waals surface area contributed by atoms with Gasteiger partial charge in [-0.25, -0.2) is 0 Å². The minimum absolute atomic E-state index is 0.358. The van der Waals surface area contributed by atoms with E-state index in [4.69, 9.17) is 5.73 Å². The number of carbonyl (C=O) groups is 1. The van der Waals surface area contributed by atoms with Crippen LogP contribution in [0.25, 0.3) is 0 Å². The molecule has 0 aromatic heterocycles. The molecule has 0 bridgehead atoms. The molecule has 1 fully saturated rings. The second-order valence-electron chi connectivity index (χ2n) is 7.10. The average Bonchev–Trinajstić information content (AvgIpc) is 2.28. The van der Waals surface area contributed by atoms with Crippen LogP contribution in [0.4, 0.5) is 5.69 Å². The van der Waals surface area contributed by atoms with E-state index < -0.39 is 0 Å². The molecule has 2 atom stereocenters. The summed E-state index contributed by atoms with van der Waals surface area (Å²) in [6.45, 7) is 8.95. The van der Waals surface area contributed by atoms with Gasteiger partial charge in [-0.05, 0) is 55.2 Å². The first-order valence-corrected chi connectivity index (χ1v) is 7.44. The summed E-state index contributed by atoms with van der Waals surface area (Å²) in [4.78, 5) is 11.4. The number of benzene rings is 1. The van der Waals surface area contributed by atoms with Gasteiger partial charge in [0.05, 0.1) is 0 Å². The van der Waals surface area contributed by atoms with Crippen molar-refractivity contribution in [3.63, 3.8) is 0 Å². The van der Waals surface area contributed by atoms with Gasteiger partial charge >= 0.3 is 0 Å². The Bertz CT molecular complexity index is 508. The Morgan fingerprint density at radius 2 is 2.05 bits per heavy atom. The Kier molecular flexibility index (Phi) is 4.07. The lowest BCUT2D eigenvalue weighted by molar-refractivity contribution is 0.0999. The van der Waals surface area contributed by atoms with E-state index in [1.54, 1.807) is 6.07 Å². The van der Waals surface area contributed by atoms with Gasteiger partial charge in [0.2, 0.25) is 5.91 Å². The number of nitrogens with one attached hydrogen (secondary N) is 1. The first-order chi connectivity index (χ1) is 9.28. The topological polar surface area (TPSA) is 55.1 Å². The summed E-state index contributed by atoms with van der Waals surface area (Å²) in [5, 5.41) is 3.62. The fraction of sp³-hybridized carbons (Fsp3) is 0.588. The minimum atomic E-state index is -0.358. The fourth-order valence-electron chi connectivity index (χ4n) is 3.73. The molecule has 1 aliphatic carbocycles. The molecule has 0 aliphatic heterocycles. The molecule has 20 heavy (non-hydrogen) atoms. The maximum Gasteiger partial charge on any atom is 0.249 e. The molecule has 0 spiro atoms. The SMILES string of the molecule is Cc1c(NC2CC(C)CC(C)(C)C2)cccc1C(N)=O. The van der Waals surface area contributed by atoms with Crippen LogP contribution in [0.2, 0.25) is 0 Å². The van der Waals surface area contributed by atoms with Crippen molar-refractivity contribution >= 4 is 11.6 Å². The first kappa shape index (κ1) is 14.9. The van der Waals surface area contributed by atoms with E-state index in [0.717, 1.165) is 23.6 Å². The molecular formula is C17H26N2O. The third-order valence-electron chi connectivity index (χ3n) is 4.35. The lowest BCUT2D eigenvalue weighted by atomic mass is 9.70. The van der Waals surface area contributed by atoms with Gasteiger partial charge in [0.25, 0.3) is 0 Å². The molecule has 0 heterocycles. The standard InChI is InChI=1S/C17H26N2O/c1-11-8-13(10-17(3,4)9-11)19-15-7-5-6-14(12(15)2)16(18)20/h5-7,11,13,19H,8-10H2,1-4H3,(H2,18,20). The van der Waals surface area contributed by atoms with Gasteiger partial charge in [-0.3, -0.25) is 4.79 Å². The van der Waals surface area contributed by atoms with Crippen molar-refractivity contribution in [3.8, 4) is 0 Å². The van der Waals surface area contributed by atoms with Crippen molar-refractivity contribution in [1.82, 2.24) is 0 Å². The van der Waals surface area contributed by atoms with Gasteiger partial charge in [-0.2, -0.15) is 0 Å². The predicted octanol–water partition coefficient (Wildman–Crippen LogP) is 3.72. The van der Waals surface area contributed by atoms with Gasteiger partial charge in [0.15, 0.2) is 0 Å². The molecule has 1 aromatic rings. The molecular weight excluding hydrogens is 248 g/mol. The van der Waals surface area contributed by atoms with Crippen LogP contribution in [0, 0.1) is 18.3 Å². The lowest BCUT2D eigenvalue weighted by Crippen LogP contribution is -2.35. The number of anilines is 1. The largest absolute Gasteiger partial charge is 0.382 e. The quantitative estimate of drug-likeness (QED) is 0.882. The molecule has 3 nitrogen and oxygen atoms in total. The monoisotopic (exact) mass is 274 g/mol. The molecule has 1 aromatic carbocycles. The van der Waals surface area contributed by atoms with Crippen LogP contribution in [-0.2, 0) is 0 Å². The van der Waals surface area contributed by atoms with Gasteiger partial charge in [0, 0.05) is 17.3 Å². The van der Waals surface area contributed by atoms with Crippen LogP contribution in [0.15, 0.2) is 18.2 Å². The Labute approximate surface area is 121 Å².